The summed E-state index contributed by atoms with van der Waals surface area (Å²) in [5, 5.41) is 11.8. The van der Waals surface area contributed by atoms with Gasteiger partial charge in [-0.1, -0.05) is 17.7 Å². The third-order valence-electron chi connectivity index (χ3n) is 3.69. The number of rotatable bonds is 7. The van der Waals surface area contributed by atoms with Crippen molar-refractivity contribution in [3.63, 3.8) is 0 Å². The van der Waals surface area contributed by atoms with E-state index in [1.165, 1.54) is 0 Å². The molecule has 0 unspecified atom stereocenters. The lowest BCUT2D eigenvalue weighted by Crippen LogP contribution is -2.02. The summed E-state index contributed by atoms with van der Waals surface area (Å²) in [4.78, 5) is 0. The number of nitrogens with zero attached hydrogens (tertiary/aromatic N) is 2. The van der Waals surface area contributed by atoms with E-state index in [1.807, 2.05) is 24.3 Å². The smallest absolute Gasteiger partial charge is 0.247 e. The standard InChI is InChI=1S/C18H18ClN3O4/c1-23-12-6-4-5-11(7-12)18-22-21-17(26-18)10-20-14-9-15(24-2)13(19)8-16(14)25-3/h4-9,20H,10H2,1-3H3. The summed E-state index contributed by atoms with van der Waals surface area (Å²) in [6.07, 6.45) is 0. The van der Waals surface area contributed by atoms with Crippen LogP contribution in [0.1, 0.15) is 5.89 Å². The minimum absolute atomic E-state index is 0.318. The Morgan fingerprint density at radius 1 is 1.00 bits per heavy atom. The van der Waals surface area contributed by atoms with E-state index in [1.54, 1.807) is 33.5 Å². The summed E-state index contributed by atoms with van der Waals surface area (Å²) in [7, 11) is 4.73. The summed E-state index contributed by atoms with van der Waals surface area (Å²) in [6, 6.07) is 10.8. The summed E-state index contributed by atoms with van der Waals surface area (Å²) in [6.45, 7) is 0.318. The van der Waals surface area contributed by atoms with Crippen molar-refractivity contribution in [2.45, 2.75) is 6.54 Å². The van der Waals surface area contributed by atoms with E-state index < -0.39 is 0 Å². The zero-order valence-electron chi connectivity index (χ0n) is 14.6. The van der Waals surface area contributed by atoms with Gasteiger partial charge in [-0.05, 0) is 18.2 Å². The first-order valence-electron chi connectivity index (χ1n) is 7.76. The lowest BCUT2D eigenvalue weighted by Gasteiger charge is -2.12. The van der Waals surface area contributed by atoms with Gasteiger partial charge in [0.05, 0.1) is 38.6 Å². The third kappa shape index (κ3) is 3.83. The molecule has 1 N–H and O–H groups in total. The second kappa shape index (κ2) is 7.97. The highest BCUT2D eigenvalue weighted by Gasteiger charge is 2.13. The van der Waals surface area contributed by atoms with Crippen molar-refractivity contribution < 1.29 is 18.6 Å². The van der Waals surface area contributed by atoms with Crippen LogP contribution in [-0.4, -0.2) is 31.5 Å². The third-order valence-corrected chi connectivity index (χ3v) is 3.98. The molecule has 0 spiro atoms. The predicted molar refractivity (Wildman–Crippen MR) is 98.2 cm³/mol. The minimum atomic E-state index is 0.318. The summed E-state index contributed by atoms with van der Waals surface area (Å²) in [5.41, 5.74) is 1.49. The fourth-order valence-corrected chi connectivity index (χ4v) is 2.60. The van der Waals surface area contributed by atoms with E-state index in [2.05, 4.69) is 15.5 Å². The largest absolute Gasteiger partial charge is 0.497 e. The number of aromatic nitrogens is 2. The Balaban J connectivity index is 1.76. The Morgan fingerprint density at radius 2 is 1.81 bits per heavy atom. The van der Waals surface area contributed by atoms with Gasteiger partial charge in [0, 0.05) is 17.7 Å². The molecule has 0 radical (unpaired) electrons. The van der Waals surface area contributed by atoms with Gasteiger partial charge in [0.1, 0.15) is 17.2 Å². The van der Waals surface area contributed by atoms with Crippen molar-refractivity contribution in [1.29, 1.82) is 0 Å². The lowest BCUT2D eigenvalue weighted by molar-refractivity contribution is 0.404. The van der Waals surface area contributed by atoms with Gasteiger partial charge in [0.2, 0.25) is 11.8 Å². The number of benzene rings is 2. The maximum Gasteiger partial charge on any atom is 0.247 e. The van der Waals surface area contributed by atoms with E-state index in [0.29, 0.717) is 40.5 Å². The molecule has 2 aromatic carbocycles. The van der Waals surface area contributed by atoms with Crippen LogP contribution < -0.4 is 19.5 Å². The molecule has 0 amide bonds. The van der Waals surface area contributed by atoms with Gasteiger partial charge in [-0.15, -0.1) is 10.2 Å². The van der Waals surface area contributed by atoms with Gasteiger partial charge in [-0.3, -0.25) is 0 Å². The van der Waals surface area contributed by atoms with Gasteiger partial charge in [-0.2, -0.15) is 0 Å². The maximum absolute atomic E-state index is 6.11. The van der Waals surface area contributed by atoms with E-state index in [0.717, 1.165) is 11.3 Å². The van der Waals surface area contributed by atoms with Gasteiger partial charge in [0.15, 0.2) is 0 Å². The highest BCUT2D eigenvalue weighted by Crippen LogP contribution is 2.36. The van der Waals surface area contributed by atoms with Crippen LogP contribution in [0.25, 0.3) is 11.5 Å². The van der Waals surface area contributed by atoms with Crippen molar-refractivity contribution in [3.05, 3.63) is 47.3 Å². The topological polar surface area (TPSA) is 78.6 Å². The molecule has 0 saturated carbocycles. The van der Waals surface area contributed by atoms with Crippen molar-refractivity contribution in [2.24, 2.45) is 0 Å². The van der Waals surface area contributed by atoms with Crippen LogP contribution in [0.4, 0.5) is 5.69 Å². The number of methoxy groups -OCH3 is 3. The summed E-state index contributed by atoms with van der Waals surface area (Å²) >= 11 is 6.11. The van der Waals surface area contributed by atoms with Gasteiger partial charge >= 0.3 is 0 Å². The molecule has 136 valence electrons. The Hall–Kier alpha value is -2.93. The molecule has 0 aliphatic rings. The van der Waals surface area contributed by atoms with Crippen LogP contribution in [0.15, 0.2) is 40.8 Å². The van der Waals surface area contributed by atoms with Crippen molar-refractivity contribution in [3.8, 4) is 28.7 Å². The van der Waals surface area contributed by atoms with Crippen LogP contribution in [0, 0.1) is 0 Å². The molecule has 3 rings (SSSR count). The molecule has 1 heterocycles. The molecule has 26 heavy (non-hydrogen) atoms. The second-order valence-corrected chi connectivity index (χ2v) is 5.68. The quantitative estimate of drug-likeness (QED) is 0.667. The fourth-order valence-electron chi connectivity index (χ4n) is 2.37. The first-order valence-corrected chi connectivity index (χ1v) is 8.14. The van der Waals surface area contributed by atoms with Crippen LogP contribution >= 0.6 is 11.6 Å². The fraction of sp³-hybridized carbons (Fsp3) is 0.222. The Bertz CT molecular complexity index is 898. The number of hydrogen-bond donors (Lipinski definition) is 1. The molecule has 0 atom stereocenters. The van der Waals surface area contributed by atoms with E-state index in [9.17, 15) is 0 Å². The molecule has 0 bridgehead atoms. The normalized spacial score (nSPS) is 10.5. The average molecular weight is 376 g/mol. The van der Waals surface area contributed by atoms with Crippen molar-refractivity contribution in [1.82, 2.24) is 10.2 Å². The minimum Gasteiger partial charge on any atom is -0.497 e. The zero-order valence-corrected chi connectivity index (χ0v) is 15.3. The Morgan fingerprint density at radius 3 is 2.54 bits per heavy atom. The molecule has 8 heteroatoms. The van der Waals surface area contributed by atoms with Crippen LogP contribution in [-0.2, 0) is 6.54 Å². The number of nitrogens with one attached hydrogen (secondary N) is 1. The second-order valence-electron chi connectivity index (χ2n) is 5.27. The predicted octanol–water partition coefficient (Wildman–Crippen LogP) is 4.03. The van der Waals surface area contributed by atoms with Crippen LogP contribution in [0.5, 0.6) is 17.2 Å². The number of halogens is 1. The van der Waals surface area contributed by atoms with E-state index in [-0.39, 0.29) is 0 Å². The molecule has 3 aromatic rings. The molecule has 0 saturated heterocycles. The zero-order chi connectivity index (χ0) is 18.5. The van der Waals surface area contributed by atoms with Gasteiger partial charge in [-0.25, -0.2) is 0 Å². The van der Waals surface area contributed by atoms with Crippen LogP contribution in [0.2, 0.25) is 5.02 Å². The molecular weight excluding hydrogens is 358 g/mol. The summed E-state index contributed by atoms with van der Waals surface area (Å²) in [5.74, 6) is 2.69. The maximum atomic E-state index is 6.11. The molecule has 0 aliphatic carbocycles. The molecule has 0 aliphatic heterocycles. The van der Waals surface area contributed by atoms with E-state index in [4.69, 9.17) is 30.2 Å². The van der Waals surface area contributed by atoms with E-state index >= 15 is 0 Å². The molecule has 7 nitrogen and oxygen atoms in total. The molecule has 1 aromatic heterocycles. The molecular formula is C18H18ClN3O4. The number of anilines is 1. The first-order chi connectivity index (χ1) is 12.6. The van der Waals surface area contributed by atoms with Crippen molar-refractivity contribution in [2.75, 3.05) is 26.6 Å². The van der Waals surface area contributed by atoms with Crippen LogP contribution in [0.3, 0.4) is 0 Å². The SMILES string of the molecule is COc1cccc(-c2nnc(CNc3cc(OC)c(Cl)cc3OC)o2)c1. The first kappa shape index (κ1) is 17.9. The van der Waals surface area contributed by atoms with Gasteiger partial charge in [0.25, 0.3) is 0 Å². The number of ether oxygens (including phenoxy) is 3. The van der Waals surface area contributed by atoms with Crippen molar-refractivity contribution >= 4 is 17.3 Å². The Labute approximate surface area is 155 Å². The Kier molecular flexibility index (Phi) is 5.48. The monoisotopic (exact) mass is 375 g/mol. The average Bonchev–Trinajstić information content (AvgIpc) is 3.15. The number of hydrogen-bond acceptors (Lipinski definition) is 7. The molecule has 0 fully saturated rings. The summed E-state index contributed by atoms with van der Waals surface area (Å²) < 4.78 is 21.5. The lowest BCUT2D eigenvalue weighted by atomic mass is 10.2. The highest BCUT2D eigenvalue weighted by atomic mass is 35.5. The highest BCUT2D eigenvalue weighted by molar-refractivity contribution is 6.32. The van der Waals surface area contributed by atoms with Gasteiger partial charge < -0.3 is 23.9 Å².